The molecule has 0 spiro atoms. The fraction of sp³-hybridized carbons (Fsp3) is 0. The predicted octanol–water partition coefficient (Wildman–Crippen LogP) is 2.26. The number of carboxylic acids is 1. The molecule has 0 fully saturated rings. The van der Waals surface area contributed by atoms with E-state index in [1.807, 2.05) is 17.5 Å². The van der Waals surface area contributed by atoms with Crippen molar-refractivity contribution in [3.05, 3.63) is 33.2 Å². The van der Waals surface area contributed by atoms with E-state index in [4.69, 9.17) is 5.11 Å². The SMILES string of the molecule is O=C(O)/C=C/c1cnc(/C=C/c2csnn2)s1. The molecule has 0 bridgehead atoms. The van der Waals surface area contributed by atoms with Crippen molar-refractivity contribution in [1.82, 2.24) is 14.6 Å². The Kier molecular flexibility index (Phi) is 3.73. The molecule has 7 heteroatoms. The van der Waals surface area contributed by atoms with Crippen molar-refractivity contribution in [2.45, 2.75) is 0 Å². The summed E-state index contributed by atoms with van der Waals surface area (Å²) in [5.41, 5.74) is 0.785. The Labute approximate surface area is 105 Å². The van der Waals surface area contributed by atoms with Crippen LogP contribution >= 0.6 is 22.9 Å². The van der Waals surface area contributed by atoms with Gasteiger partial charge in [-0.05, 0) is 29.8 Å². The van der Waals surface area contributed by atoms with Crippen molar-refractivity contribution in [2.75, 3.05) is 0 Å². The van der Waals surface area contributed by atoms with Crippen LogP contribution in [0.4, 0.5) is 0 Å². The van der Waals surface area contributed by atoms with Crippen molar-refractivity contribution in [3.63, 3.8) is 0 Å². The molecule has 86 valence electrons. The third-order valence-corrected chi connectivity index (χ3v) is 3.16. The fourth-order valence-corrected chi connectivity index (χ4v) is 2.16. The lowest BCUT2D eigenvalue weighted by molar-refractivity contribution is -0.131. The summed E-state index contributed by atoms with van der Waals surface area (Å²) in [7, 11) is 0. The maximum atomic E-state index is 10.3. The first kappa shape index (κ1) is 11.6. The van der Waals surface area contributed by atoms with Crippen LogP contribution in [0.5, 0.6) is 0 Å². The zero-order valence-electron chi connectivity index (χ0n) is 8.48. The zero-order chi connectivity index (χ0) is 12.1. The zero-order valence-corrected chi connectivity index (χ0v) is 10.1. The minimum absolute atomic E-state index is 0.785. The highest BCUT2D eigenvalue weighted by Crippen LogP contribution is 2.17. The summed E-state index contributed by atoms with van der Waals surface area (Å²) in [4.78, 5) is 15.3. The summed E-state index contributed by atoms with van der Waals surface area (Å²) in [6.45, 7) is 0. The lowest BCUT2D eigenvalue weighted by Crippen LogP contribution is -1.84. The van der Waals surface area contributed by atoms with Crippen LogP contribution in [0.15, 0.2) is 17.7 Å². The molecule has 0 amide bonds. The van der Waals surface area contributed by atoms with E-state index in [9.17, 15) is 4.79 Å². The summed E-state index contributed by atoms with van der Waals surface area (Å²) < 4.78 is 3.74. The third-order valence-electron chi connectivity index (χ3n) is 1.71. The molecule has 0 aliphatic carbocycles. The van der Waals surface area contributed by atoms with E-state index in [0.29, 0.717) is 0 Å². The number of thiazole rings is 1. The van der Waals surface area contributed by atoms with Crippen LogP contribution in [-0.4, -0.2) is 25.6 Å². The molecule has 2 aromatic rings. The average Bonchev–Trinajstić information content (AvgIpc) is 2.95. The standard InChI is InChI=1S/C10H7N3O2S2/c14-10(15)4-2-8-5-11-9(17-8)3-1-7-6-16-13-12-7/h1-6H,(H,14,15)/b3-1+,4-2+. The number of hydrogen-bond acceptors (Lipinski definition) is 6. The largest absolute Gasteiger partial charge is 0.478 e. The van der Waals surface area contributed by atoms with Crippen molar-refractivity contribution >= 4 is 47.1 Å². The van der Waals surface area contributed by atoms with Crippen LogP contribution in [0.25, 0.3) is 18.2 Å². The van der Waals surface area contributed by atoms with E-state index >= 15 is 0 Å². The van der Waals surface area contributed by atoms with Crippen molar-refractivity contribution in [3.8, 4) is 0 Å². The van der Waals surface area contributed by atoms with Crippen LogP contribution in [0.3, 0.4) is 0 Å². The van der Waals surface area contributed by atoms with E-state index in [1.165, 1.54) is 28.9 Å². The first-order valence-electron chi connectivity index (χ1n) is 4.56. The summed E-state index contributed by atoms with van der Waals surface area (Å²) in [5.74, 6) is -0.968. The second kappa shape index (κ2) is 5.46. The van der Waals surface area contributed by atoms with Gasteiger partial charge in [0.25, 0.3) is 0 Å². The van der Waals surface area contributed by atoms with Crippen molar-refractivity contribution < 1.29 is 9.90 Å². The van der Waals surface area contributed by atoms with Gasteiger partial charge in [-0.3, -0.25) is 0 Å². The average molecular weight is 265 g/mol. The molecule has 0 unspecified atom stereocenters. The number of aliphatic carboxylic acids is 1. The molecule has 17 heavy (non-hydrogen) atoms. The van der Waals surface area contributed by atoms with E-state index in [2.05, 4.69) is 14.6 Å². The maximum absolute atomic E-state index is 10.3. The molecule has 5 nitrogen and oxygen atoms in total. The van der Waals surface area contributed by atoms with Gasteiger partial charge in [-0.15, -0.1) is 16.4 Å². The summed E-state index contributed by atoms with van der Waals surface area (Å²) in [6, 6.07) is 0. The van der Waals surface area contributed by atoms with E-state index in [-0.39, 0.29) is 0 Å². The first-order valence-corrected chi connectivity index (χ1v) is 6.21. The highest BCUT2D eigenvalue weighted by atomic mass is 32.1. The minimum Gasteiger partial charge on any atom is -0.478 e. The number of carbonyl (C=O) groups is 1. The number of carboxylic acid groups (broad SMARTS) is 1. The van der Waals surface area contributed by atoms with E-state index in [0.717, 1.165) is 21.7 Å². The van der Waals surface area contributed by atoms with Crippen LogP contribution < -0.4 is 0 Å². The maximum Gasteiger partial charge on any atom is 0.328 e. The monoisotopic (exact) mass is 265 g/mol. The molecule has 0 saturated carbocycles. The van der Waals surface area contributed by atoms with Crippen molar-refractivity contribution in [1.29, 1.82) is 0 Å². The Morgan fingerprint density at radius 2 is 2.24 bits per heavy atom. The van der Waals surface area contributed by atoms with Gasteiger partial charge in [-0.2, -0.15) is 0 Å². The number of aromatic nitrogens is 3. The lowest BCUT2D eigenvalue weighted by atomic mass is 10.4. The predicted molar refractivity (Wildman–Crippen MR) is 67.6 cm³/mol. The molecule has 0 aliphatic rings. The van der Waals surface area contributed by atoms with Gasteiger partial charge in [0.05, 0.1) is 5.69 Å². The summed E-state index contributed by atoms with van der Waals surface area (Å²) in [5, 5.41) is 15.0. The number of rotatable bonds is 4. The van der Waals surface area contributed by atoms with Gasteiger partial charge < -0.3 is 5.11 Å². The van der Waals surface area contributed by atoms with Crippen LogP contribution in [-0.2, 0) is 4.79 Å². The van der Waals surface area contributed by atoms with E-state index < -0.39 is 5.97 Å². The van der Waals surface area contributed by atoms with Gasteiger partial charge in [-0.25, -0.2) is 9.78 Å². The van der Waals surface area contributed by atoms with Gasteiger partial charge in [0.15, 0.2) is 0 Å². The Morgan fingerprint density at radius 1 is 1.35 bits per heavy atom. The third kappa shape index (κ3) is 3.58. The van der Waals surface area contributed by atoms with Gasteiger partial charge >= 0.3 is 5.97 Å². The van der Waals surface area contributed by atoms with Gasteiger partial charge in [-0.1, -0.05) is 4.49 Å². The van der Waals surface area contributed by atoms with E-state index in [1.54, 1.807) is 6.20 Å². The molecule has 0 atom stereocenters. The molecule has 2 rings (SSSR count). The smallest absolute Gasteiger partial charge is 0.328 e. The summed E-state index contributed by atoms with van der Waals surface area (Å²) >= 11 is 2.69. The molecule has 1 N–H and O–H groups in total. The second-order valence-electron chi connectivity index (χ2n) is 2.94. The minimum atomic E-state index is -0.968. The van der Waals surface area contributed by atoms with Crippen molar-refractivity contribution in [2.24, 2.45) is 0 Å². The second-order valence-corrected chi connectivity index (χ2v) is 4.64. The van der Waals surface area contributed by atoms with Crippen LogP contribution in [0, 0.1) is 0 Å². The molecule has 0 aromatic carbocycles. The molecule has 0 aliphatic heterocycles. The van der Waals surface area contributed by atoms with Crippen LogP contribution in [0.2, 0.25) is 0 Å². The molecular weight excluding hydrogens is 258 g/mol. The first-order chi connectivity index (χ1) is 8.24. The van der Waals surface area contributed by atoms with Crippen LogP contribution in [0.1, 0.15) is 15.6 Å². The molecule has 2 heterocycles. The van der Waals surface area contributed by atoms with Gasteiger partial charge in [0, 0.05) is 22.5 Å². The highest BCUT2D eigenvalue weighted by molar-refractivity contribution is 7.13. The van der Waals surface area contributed by atoms with Gasteiger partial charge in [0.1, 0.15) is 5.01 Å². The Bertz CT molecular complexity index is 558. The summed E-state index contributed by atoms with van der Waals surface area (Å²) in [6.07, 6.45) is 7.86. The lowest BCUT2D eigenvalue weighted by Gasteiger charge is -1.81. The fourth-order valence-electron chi connectivity index (χ4n) is 1.01. The topological polar surface area (TPSA) is 76.0 Å². The Morgan fingerprint density at radius 3 is 2.94 bits per heavy atom. The molecular formula is C10H7N3O2S2. The normalized spacial score (nSPS) is 11.5. The molecule has 0 radical (unpaired) electrons. The quantitative estimate of drug-likeness (QED) is 0.858. The van der Waals surface area contributed by atoms with Gasteiger partial charge in [0.2, 0.25) is 0 Å². The molecule has 2 aromatic heterocycles. The number of hydrogen-bond donors (Lipinski definition) is 1. The number of nitrogens with zero attached hydrogens (tertiary/aromatic N) is 3. The Hall–Kier alpha value is -1.86. The molecule has 0 saturated heterocycles. The highest BCUT2D eigenvalue weighted by Gasteiger charge is 1.97. The Balaban J connectivity index is 2.06.